The third kappa shape index (κ3) is 4.21. The largest absolute Gasteiger partial charge is 0.379 e. The normalized spacial score (nSPS) is 18.2. The summed E-state index contributed by atoms with van der Waals surface area (Å²) < 4.78 is 5.58. The molecule has 2 aliphatic rings. The predicted octanol–water partition coefficient (Wildman–Crippen LogP) is 2.03. The van der Waals surface area contributed by atoms with Crippen molar-refractivity contribution in [2.75, 3.05) is 37.0 Å². The van der Waals surface area contributed by atoms with Crippen LogP contribution in [0.5, 0.6) is 0 Å². The Bertz CT molecular complexity index is 603. The first kappa shape index (κ1) is 17.9. The molecule has 1 fully saturated rings. The maximum atomic E-state index is 12.6. The van der Waals surface area contributed by atoms with Crippen LogP contribution in [0.1, 0.15) is 45.1 Å². The summed E-state index contributed by atoms with van der Waals surface area (Å²) in [4.78, 5) is 25.4. The molecule has 1 aromatic heterocycles. The number of fused-ring (bicyclic) bond motifs is 1. The summed E-state index contributed by atoms with van der Waals surface area (Å²) in [6.07, 6.45) is 6.17. The molecule has 0 radical (unpaired) electrons. The molecule has 0 atom stereocenters. The fraction of sp³-hybridized carbons (Fsp3) is 0.722. The summed E-state index contributed by atoms with van der Waals surface area (Å²) >= 11 is 0. The second-order valence-electron chi connectivity index (χ2n) is 7.19. The Morgan fingerprint density at radius 3 is 2.80 bits per heavy atom. The van der Waals surface area contributed by atoms with Gasteiger partial charge in [0.2, 0.25) is 5.91 Å². The lowest BCUT2D eigenvalue weighted by Gasteiger charge is -2.37. The molecule has 0 aromatic carbocycles. The topological polar surface area (TPSA) is 70.6 Å². The summed E-state index contributed by atoms with van der Waals surface area (Å²) in [5.74, 6) is 1.87. The monoisotopic (exact) mass is 347 g/mol. The maximum Gasteiger partial charge on any atom is 0.242 e. The first-order chi connectivity index (χ1) is 12.1. The number of aromatic nitrogens is 2. The van der Waals surface area contributed by atoms with Gasteiger partial charge in [0.05, 0.1) is 24.8 Å². The van der Waals surface area contributed by atoms with Crippen LogP contribution in [0.15, 0.2) is 6.33 Å². The molecule has 1 aromatic rings. The van der Waals surface area contributed by atoms with Gasteiger partial charge in [0, 0.05) is 26.2 Å². The van der Waals surface area contributed by atoms with Crippen molar-refractivity contribution in [2.24, 2.45) is 0 Å². The van der Waals surface area contributed by atoms with Gasteiger partial charge in [-0.15, -0.1) is 0 Å². The summed E-state index contributed by atoms with van der Waals surface area (Å²) in [6.45, 7) is 6.57. The number of hydrogen-bond donors (Lipinski definition) is 1. The molecule has 1 saturated carbocycles. The summed E-state index contributed by atoms with van der Waals surface area (Å²) in [5.41, 5.74) is 1.02. The van der Waals surface area contributed by atoms with E-state index in [2.05, 4.69) is 15.3 Å². The van der Waals surface area contributed by atoms with E-state index in [0.717, 1.165) is 49.6 Å². The number of hydrogen-bond acceptors (Lipinski definition) is 6. The third-order valence-corrected chi connectivity index (χ3v) is 4.89. The van der Waals surface area contributed by atoms with Crippen LogP contribution >= 0.6 is 0 Å². The number of ether oxygens (including phenoxy) is 1. The lowest BCUT2D eigenvalue weighted by molar-refractivity contribution is -0.134. The molecule has 0 unspecified atom stereocenters. The van der Waals surface area contributed by atoms with Gasteiger partial charge in [0.25, 0.3) is 0 Å². The van der Waals surface area contributed by atoms with Crippen LogP contribution in [0, 0.1) is 0 Å². The Kier molecular flexibility index (Phi) is 5.73. The second-order valence-corrected chi connectivity index (χ2v) is 7.19. The zero-order chi connectivity index (χ0) is 17.8. The molecular formula is C18H29N5O2. The van der Waals surface area contributed by atoms with Gasteiger partial charge in [-0.3, -0.25) is 4.79 Å². The van der Waals surface area contributed by atoms with Gasteiger partial charge in [-0.25, -0.2) is 9.97 Å². The molecule has 25 heavy (non-hydrogen) atoms. The minimum absolute atomic E-state index is 0.182. The number of anilines is 2. The molecule has 3 rings (SSSR count). The van der Waals surface area contributed by atoms with Crippen LogP contribution in [0.4, 0.5) is 11.6 Å². The Morgan fingerprint density at radius 2 is 2.12 bits per heavy atom. The SMILES string of the molecule is CC(C)OCCCNc1ncnc2c1CN(C1CCC1)C(=O)CN2C. The van der Waals surface area contributed by atoms with Gasteiger partial charge in [-0.05, 0) is 39.5 Å². The zero-order valence-corrected chi connectivity index (χ0v) is 15.5. The standard InChI is InChI=1S/C18H29N5O2/c1-13(2)25-9-5-8-19-17-15-10-23(14-6-4-7-14)16(24)11-22(3)18(15)21-12-20-17/h12-14H,4-11H2,1-3H3,(H,19,20,21). The highest BCUT2D eigenvalue weighted by Gasteiger charge is 2.33. The minimum atomic E-state index is 0.182. The molecular weight excluding hydrogens is 318 g/mol. The van der Waals surface area contributed by atoms with E-state index in [0.29, 0.717) is 19.1 Å². The number of carbonyl (C=O) groups is 1. The second kappa shape index (κ2) is 7.99. The molecule has 2 heterocycles. The van der Waals surface area contributed by atoms with E-state index < -0.39 is 0 Å². The Balaban J connectivity index is 1.71. The number of nitrogens with zero attached hydrogens (tertiary/aromatic N) is 4. The van der Waals surface area contributed by atoms with Crippen molar-refractivity contribution < 1.29 is 9.53 Å². The van der Waals surface area contributed by atoms with Crippen molar-refractivity contribution in [1.29, 1.82) is 0 Å². The van der Waals surface area contributed by atoms with Gasteiger partial charge in [0.1, 0.15) is 18.0 Å². The first-order valence-electron chi connectivity index (χ1n) is 9.26. The van der Waals surface area contributed by atoms with Crippen molar-refractivity contribution in [3.63, 3.8) is 0 Å². The van der Waals surface area contributed by atoms with E-state index in [-0.39, 0.29) is 12.0 Å². The molecule has 0 saturated heterocycles. The fourth-order valence-corrected chi connectivity index (χ4v) is 3.29. The zero-order valence-electron chi connectivity index (χ0n) is 15.5. The quantitative estimate of drug-likeness (QED) is 0.761. The average molecular weight is 347 g/mol. The lowest BCUT2D eigenvalue weighted by Crippen LogP contribution is -2.45. The fourth-order valence-electron chi connectivity index (χ4n) is 3.29. The smallest absolute Gasteiger partial charge is 0.242 e. The number of nitrogens with one attached hydrogen (secondary N) is 1. The lowest BCUT2D eigenvalue weighted by atomic mass is 9.91. The van der Waals surface area contributed by atoms with E-state index in [4.69, 9.17) is 4.74 Å². The van der Waals surface area contributed by atoms with Crippen molar-refractivity contribution >= 4 is 17.5 Å². The summed E-state index contributed by atoms with van der Waals surface area (Å²) in [5, 5.41) is 3.41. The molecule has 7 heteroatoms. The van der Waals surface area contributed by atoms with Gasteiger partial charge in [0.15, 0.2) is 0 Å². The van der Waals surface area contributed by atoms with Crippen LogP contribution in [-0.4, -0.2) is 59.7 Å². The summed E-state index contributed by atoms with van der Waals surface area (Å²) in [7, 11) is 1.92. The number of rotatable bonds is 7. The van der Waals surface area contributed by atoms with Crippen LogP contribution in [0.3, 0.4) is 0 Å². The molecule has 0 bridgehead atoms. The van der Waals surface area contributed by atoms with Crippen LogP contribution in [0.25, 0.3) is 0 Å². The minimum Gasteiger partial charge on any atom is -0.379 e. The van der Waals surface area contributed by atoms with E-state index in [1.807, 2.05) is 30.7 Å². The van der Waals surface area contributed by atoms with Crippen molar-refractivity contribution in [3.8, 4) is 0 Å². The van der Waals surface area contributed by atoms with Crippen molar-refractivity contribution in [3.05, 3.63) is 11.9 Å². The Labute approximate surface area is 149 Å². The van der Waals surface area contributed by atoms with Gasteiger partial charge in [-0.1, -0.05) is 0 Å². The van der Waals surface area contributed by atoms with Gasteiger partial charge in [-0.2, -0.15) is 0 Å². The highest BCUT2D eigenvalue weighted by molar-refractivity contribution is 5.84. The van der Waals surface area contributed by atoms with E-state index in [1.165, 1.54) is 6.42 Å². The number of amides is 1. The number of likely N-dealkylation sites (N-methyl/N-ethyl adjacent to an activating group) is 1. The highest BCUT2D eigenvalue weighted by atomic mass is 16.5. The average Bonchev–Trinajstić information content (AvgIpc) is 2.63. The predicted molar refractivity (Wildman–Crippen MR) is 97.7 cm³/mol. The molecule has 1 aliphatic heterocycles. The molecule has 1 aliphatic carbocycles. The molecule has 1 amide bonds. The Morgan fingerprint density at radius 1 is 1.32 bits per heavy atom. The van der Waals surface area contributed by atoms with Gasteiger partial charge >= 0.3 is 0 Å². The van der Waals surface area contributed by atoms with E-state index >= 15 is 0 Å². The van der Waals surface area contributed by atoms with Crippen LogP contribution in [0.2, 0.25) is 0 Å². The van der Waals surface area contributed by atoms with Crippen molar-refractivity contribution in [1.82, 2.24) is 14.9 Å². The van der Waals surface area contributed by atoms with E-state index in [1.54, 1.807) is 6.33 Å². The molecule has 7 nitrogen and oxygen atoms in total. The third-order valence-electron chi connectivity index (χ3n) is 4.89. The number of carbonyl (C=O) groups excluding carboxylic acids is 1. The first-order valence-corrected chi connectivity index (χ1v) is 9.26. The Hall–Kier alpha value is -1.89. The molecule has 138 valence electrons. The van der Waals surface area contributed by atoms with E-state index in [9.17, 15) is 4.79 Å². The van der Waals surface area contributed by atoms with Crippen LogP contribution < -0.4 is 10.2 Å². The van der Waals surface area contributed by atoms with Crippen LogP contribution in [-0.2, 0) is 16.1 Å². The van der Waals surface area contributed by atoms with Crippen molar-refractivity contribution in [2.45, 2.75) is 58.2 Å². The highest BCUT2D eigenvalue weighted by Crippen LogP contribution is 2.32. The molecule has 1 N–H and O–H groups in total. The van der Waals surface area contributed by atoms with Gasteiger partial charge < -0.3 is 19.9 Å². The molecule has 0 spiro atoms. The maximum absolute atomic E-state index is 12.6. The summed E-state index contributed by atoms with van der Waals surface area (Å²) in [6, 6.07) is 0.374.